The molecule has 0 amide bonds. The first-order valence-electron chi connectivity index (χ1n) is 5.80. The lowest BCUT2D eigenvalue weighted by Gasteiger charge is -2.11. The zero-order chi connectivity index (χ0) is 14.7. The van der Waals surface area contributed by atoms with Crippen LogP contribution in [-0.2, 0) is 6.42 Å². The van der Waals surface area contributed by atoms with Gasteiger partial charge in [-0.15, -0.1) is 0 Å². The van der Waals surface area contributed by atoms with Crippen molar-refractivity contribution in [3.63, 3.8) is 0 Å². The van der Waals surface area contributed by atoms with Gasteiger partial charge in [0.2, 0.25) is 0 Å². The van der Waals surface area contributed by atoms with E-state index >= 15 is 0 Å². The molecule has 0 heterocycles. The van der Waals surface area contributed by atoms with Crippen molar-refractivity contribution in [2.45, 2.75) is 11.2 Å². The average Bonchev–Trinajstić information content (AvgIpc) is 2.42. The van der Waals surface area contributed by atoms with E-state index in [1.54, 1.807) is 18.2 Å². The molecule has 1 atom stereocenters. The van der Waals surface area contributed by atoms with Gasteiger partial charge in [0, 0.05) is 20.9 Å². The van der Waals surface area contributed by atoms with Crippen LogP contribution >= 0.6 is 43.5 Å². The fourth-order valence-corrected chi connectivity index (χ4v) is 2.95. The van der Waals surface area contributed by atoms with Crippen LogP contribution in [-0.4, -0.2) is 4.92 Å². The Bertz CT molecular complexity index is 649. The second-order valence-electron chi connectivity index (χ2n) is 4.23. The number of hydrogen-bond donors (Lipinski definition) is 0. The number of alkyl halides is 1. The second kappa shape index (κ2) is 6.70. The van der Waals surface area contributed by atoms with Gasteiger partial charge in [-0.25, -0.2) is 0 Å². The standard InChI is InChI=1S/C14H10Br2ClNO2/c15-11-6-5-9(8-13(11)17)12(16)7-10-3-1-2-4-14(10)18(19)20/h1-6,8,12H,7H2. The van der Waals surface area contributed by atoms with E-state index < -0.39 is 0 Å². The summed E-state index contributed by atoms with van der Waals surface area (Å²) in [6.07, 6.45) is 0.523. The largest absolute Gasteiger partial charge is 0.272 e. The average molecular weight is 420 g/mol. The van der Waals surface area contributed by atoms with E-state index in [1.165, 1.54) is 6.07 Å². The lowest BCUT2D eigenvalue weighted by atomic mass is 10.0. The first kappa shape index (κ1) is 15.5. The Hall–Kier alpha value is -0.910. The first-order valence-corrected chi connectivity index (χ1v) is 7.89. The molecule has 0 aliphatic heterocycles. The Morgan fingerprint density at radius 1 is 1.25 bits per heavy atom. The lowest BCUT2D eigenvalue weighted by molar-refractivity contribution is -0.385. The van der Waals surface area contributed by atoms with Crippen LogP contribution < -0.4 is 0 Å². The highest BCUT2D eigenvalue weighted by Gasteiger charge is 2.17. The predicted octanol–water partition coefficient (Wildman–Crippen LogP) is 5.69. The smallest absolute Gasteiger partial charge is 0.258 e. The van der Waals surface area contributed by atoms with Crippen LogP contribution in [0.4, 0.5) is 5.69 Å². The molecule has 0 fully saturated rings. The molecule has 0 aromatic heterocycles. The van der Waals surface area contributed by atoms with E-state index in [9.17, 15) is 10.1 Å². The van der Waals surface area contributed by atoms with Crippen LogP contribution in [0.3, 0.4) is 0 Å². The van der Waals surface area contributed by atoms with Gasteiger partial charge in [0.15, 0.2) is 0 Å². The monoisotopic (exact) mass is 417 g/mol. The molecule has 0 spiro atoms. The molecule has 3 nitrogen and oxygen atoms in total. The fourth-order valence-electron chi connectivity index (χ4n) is 1.88. The molecule has 0 bridgehead atoms. The molecule has 0 saturated carbocycles. The van der Waals surface area contributed by atoms with Crippen molar-refractivity contribution < 1.29 is 4.92 Å². The topological polar surface area (TPSA) is 43.1 Å². The third-order valence-electron chi connectivity index (χ3n) is 2.89. The minimum atomic E-state index is -0.358. The van der Waals surface area contributed by atoms with E-state index in [0.29, 0.717) is 17.0 Å². The van der Waals surface area contributed by atoms with Crippen molar-refractivity contribution in [1.82, 2.24) is 0 Å². The van der Waals surface area contributed by atoms with Crippen molar-refractivity contribution in [3.05, 3.63) is 73.2 Å². The Labute approximate surface area is 138 Å². The van der Waals surface area contributed by atoms with Gasteiger partial charge in [-0.2, -0.15) is 0 Å². The van der Waals surface area contributed by atoms with Crippen molar-refractivity contribution in [1.29, 1.82) is 0 Å². The lowest BCUT2D eigenvalue weighted by Crippen LogP contribution is -2.00. The van der Waals surface area contributed by atoms with Crippen molar-refractivity contribution >= 4 is 49.1 Å². The SMILES string of the molecule is O=[N+]([O-])c1ccccc1CC(Br)c1ccc(Br)c(Cl)c1. The van der Waals surface area contributed by atoms with Gasteiger partial charge in [0.1, 0.15) is 0 Å². The summed E-state index contributed by atoms with van der Waals surface area (Å²) in [6.45, 7) is 0. The highest BCUT2D eigenvalue weighted by molar-refractivity contribution is 9.10. The zero-order valence-corrected chi connectivity index (χ0v) is 14.2. The summed E-state index contributed by atoms with van der Waals surface area (Å²) in [6, 6.07) is 12.4. The summed E-state index contributed by atoms with van der Waals surface area (Å²) < 4.78 is 0.827. The quantitative estimate of drug-likeness (QED) is 0.363. The van der Waals surface area contributed by atoms with Crippen LogP contribution in [0.15, 0.2) is 46.9 Å². The van der Waals surface area contributed by atoms with Gasteiger partial charge in [-0.05, 0) is 40.0 Å². The van der Waals surface area contributed by atoms with Crippen LogP contribution in [0.25, 0.3) is 0 Å². The van der Waals surface area contributed by atoms with E-state index in [2.05, 4.69) is 31.9 Å². The normalized spacial score (nSPS) is 12.2. The zero-order valence-electron chi connectivity index (χ0n) is 10.2. The van der Waals surface area contributed by atoms with E-state index in [4.69, 9.17) is 11.6 Å². The maximum Gasteiger partial charge on any atom is 0.272 e. The second-order valence-corrected chi connectivity index (χ2v) is 6.60. The highest BCUT2D eigenvalue weighted by Crippen LogP contribution is 2.33. The molecule has 0 radical (unpaired) electrons. The number of nitro groups is 1. The molecule has 104 valence electrons. The molecule has 2 aromatic carbocycles. The van der Waals surface area contributed by atoms with Crippen LogP contribution in [0, 0.1) is 10.1 Å². The minimum Gasteiger partial charge on any atom is -0.258 e. The highest BCUT2D eigenvalue weighted by atomic mass is 79.9. The summed E-state index contributed by atoms with van der Waals surface area (Å²) >= 11 is 13.0. The molecular formula is C14H10Br2ClNO2. The molecule has 20 heavy (non-hydrogen) atoms. The molecule has 0 saturated heterocycles. The molecule has 6 heteroatoms. The Morgan fingerprint density at radius 2 is 1.95 bits per heavy atom. The van der Waals surface area contributed by atoms with Crippen molar-refractivity contribution in [3.8, 4) is 0 Å². The Balaban J connectivity index is 2.25. The maximum absolute atomic E-state index is 11.0. The van der Waals surface area contributed by atoms with Gasteiger partial charge in [0.25, 0.3) is 5.69 Å². The number of halogens is 3. The molecule has 2 rings (SSSR count). The van der Waals surface area contributed by atoms with E-state index in [-0.39, 0.29) is 15.4 Å². The minimum absolute atomic E-state index is 0.0331. The van der Waals surface area contributed by atoms with Crippen LogP contribution in [0.2, 0.25) is 5.02 Å². The van der Waals surface area contributed by atoms with E-state index in [0.717, 1.165) is 10.0 Å². The number of hydrogen-bond acceptors (Lipinski definition) is 2. The van der Waals surface area contributed by atoms with Crippen LogP contribution in [0.1, 0.15) is 16.0 Å². The van der Waals surface area contributed by atoms with Gasteiger partial charge < -0.3 is 0 Å². The molecular weight excluding hydrogens is 409 g/mol. The number of benzene rings is 2. The third kappa shape index (κ3) is 3.59. The van der Waals surface area contributed by atoms with Crippen molar-refractivity contribution in [2.75, 3.05) is 0 Å². The molecule has 0 N–H and O–H groups in total. The van der Waals surface area contributed by atoms with Gasteiger partial charge in [-0.3, -0.25) is 10.1 Å². The van der Waals surface area contributed by atoms with Gasteiger partial charge in [0.05, 0.1) is 9.95 Å². The molecule has 2 aromatic rings. The predicted molar refractivity (Wildman–Crippen MR) is 87.6 cm³/mol. The first-order chi connectivity index (χ1) is 9.49. The van der Waals surface area contributed by atoms with Gasteiger partial charge in [-0.1, -0.05) is 51.8 Å². The Kier molecular flexibility index (Phi) is 5.18. The molecule has 0 aliphatic carbocycles. The summed E-state index contributed by atoms with van der Waals surface area (Å²) in [4.78, 5) is 10.6. The molecule has 0 aliphatic rings. The maximum atomic E-state index is 11.0. The summed E-state index contributed by atoms with van der Waals surface area (Å²) in [5.41, 5.74) is 1.81. The van der Waals surface area contributed by atoms with Crippen molar-refractivity contribution in [2.24, 2.45) is 0 Å². The third-order valence-corrected chi connectivity index (χ3v) is 4.98. The van der Waals surface area contributed by atoms with Crippen LogP contribution in [0.5, 0.6) is 0 Å². The number of para-hydroxylation sites is 1. The number of nitrogens with zero attached hydrogens (tertiary/aromatic N) is 1. The number of rotatable bonds is 4. The van der Waals surface area contributed by atoms with Gasteiger partial charge >= 0.3 is 0 Å². The summed E-state index contributed by atoms with van der Waals surface area (Å²) in [7, 11) is 0. The molecule has 1 unspecified atom stereocenters. The Morgan fingerprint density at radius 3 is 2.60 bits per heavy atom. The summed E-state index contributed by atoms with van der Waals surface area (Å²) in [5.74, 6) is 0. The number of nitro benzene ring substituents is 1. The summed E-state index contributed by atoms with van der Waals surface area (Å²) in [5, 5.41) is 11.6. The fraction of sp³-hybridized carbons (Fsp3) is 0.143. The van der Waals surface area contributed by atoms with E-state index in [1.807, 2.05) is 18.2 Å².